The summed E-state index contributed by atoms with van der Waals surface area (Å²) in [7, 11) is 0. The molecule has 1 unspecified atom stereocenters. The first kappa shape index (κ1) is 16.9. The van der Waals surface area contributed by atoms with E-state index in [1.807, 2.05) is 42.2 Å². The second-order valence-electron chi connectivity index (χ2n) is 6.23. The van der Waals surface area contributed by atoms with Crippen LogP contribution in [0.5, 0.6) is 5.75 Å². The van der Waals surface area contributed by atoms with Crippen molar-refractivity contribution in [2.75, 3.05) is 26.3 Å². The molecular formula is C19H19N3O3S. The van der Waals surface area contributed by atoms with E-state index in [0.29, 0.717) is 37.6 Å². The van der Waals surface area contributed by atoms with Crippen molar-refractivity contribution in [3.63, 3.8) is 0 Å². The number of amides is 1. The third-order valence-corrected chi connectivity index (χ3v) is 5.12. The van der Waals surface area contributed by atoms with Gasteiger partial charge in [-0.3, -0.25) is 9.78 Å². The lowest BCUT2D eigenvalue weighted by Gasteiger charge is -2.32. The topological polar surface area (TPSA) is 64.5 Å². The molecule has 7 heteroatoms. The van der Waals surface area contributed by atoms with Gasteiger partial charge in [-0.25, -0.2) is 4.98 Å². The van der Waals surface area contributed by atoms with E-state index in [4.69, 9.17) is 9.47 Å². The Morgan fingerprint density at radius 3 is 3.12 bits per heavy atom. The molecule has 1 aliphatic heterocycles. The van der Waals surface area contributed by atoms with Crippen LogP contribution in [0.4, 0.5) is 0 Å². The molecular weight excluding hydrogens is 350 g/mol. The van der Waals surface area contributed by atoms with E-state index in [0.717, 1.165) is 15.9 Å². The van der Waals surface area contributed by atoms with Gasteiger partial charge >= 0.3 is 0 Å². The molecule has 0 spiro atoms. The Morgan fingerprint density at radius 2 is 2.27 bits per heavy atom. The molecule has 6 nitrogen and oxygen atoms in total. The van der Waals surface area contributed by atoms with Gasteiger partial charge in [-0.2, -0.15) is 0 Å². The van der Waals surface area contributed by atoms with Gasteiger partial charge in [0.25, 0.3) is 5.91 Å². The van der Waals surface area contributed by atoms with E-state index in [-0.39, 0.29) is 12.0 Å². The summed E-state index contributed by atoms with van der Waals surface area (Å²) < 4.78 is 12.5. The number of hydrogen-bond acceptors (Lipinski definition) is 6. The van der Waals surface area contributed by atoms with E-state index in [9.17, 15) is 4.79 Å². The molecule has 3 heterocycles. The lowest BCUT2D eigenvalue weighted by molar-refractivity contribution is -0.0401. The first-order valence-electron chi connectivity index (χ1n) is 8.48. The molecule has 0 saturated carbocycles. The van der Waals surface area contributed by atoms with Gasteiger partial charge in [-0.15, -0.1) is 11.3 Å². The van der Waals surface area contributed by atoms with Gasteiger partial charge in [0.2, 0.25) is 0 Å². The first-order valence-corrected chi connectivity index (χ1v) is 9.36. The number of nitrogens with zero attached hydrogens (tertiary/aromatic N) is 3. The van der Waals surface area contributed by atoms with Crippen LogP contribution >= 0.6 is 11.3 Å². The maximum atomic E-state index is 12.8. The SMILES string of the molecule is Cc1ccc(OCC2CN(C(=O)c3ccc4ncsc4c3)CCO2)cn1. The predicted molar refractivity (Wildman–Crippen MR) is 99.7 cm³/mol. The van der Waals surface area contributed by atoms with Gasteiger partial charge in [-0.05, 0) is 37.3 Å². The molecule has 1 aromatic carbocycles. The molecule has 0 bridgehead atoms. The molecule has 0 radical (unpaired) electrons. The van der Waals surface area contributed by atoms with Crippen LogP contribution in [0.3, 0.4) is 0 Å². The Labute approximate surface area is 155 Å². The highest BCUT2D eigenvalue weighted by Crippen LogP contribution is 2.21. The number of carbonyl (C=O) groups is 1. The number of hydrogen-bond donors (Lipinski definition) is 0. The summed E-state index contributed by atoms with van der Waals surface area (Å²) in [6.07, 6.45) is 1.55. The van der Waals surface area contributed by atoms with Crippen LogP contribution in [0.25, 0.3) is 10.2 Å². The standard InChI is InChI=1S/C19H19N3O3S/c1-13-2-4-15(9-20-13)25-11-16-10-22(6-7-24-16)19(23)14-3-5-17-18(8-14)26-12-21-17/h2-5,8-9,12,16H,6-7,10-11H2,1H3. The van der Waals surface area contributed by atoms with E-state index < -0.39 is 0 Å². The fourth-order valence-corrected chi connectivity index (χ4v) is 3.62. The Hall–Kier alpha value is -2.51. The highest BCUT2D eigenvalue weighted by atomic mass is 32.1. The number of aromatic nitrogens is 2. The number of thiazole rings is 1. The third kappa shape index (κ3) is 3.68. The van der Waals surface area contributed by atoms with E-state index in [1.165, 1.54) is 0 Å². The molecule has 0 aliphatic carbocycles. The maximum Gasteiger partial charge on any atom is 0.254 e. The Morgan fingerprint density at radius 1 is 1.35 bits per heavy atom. The zero-order valence-corrected chi connectivity index (χ0v) is 15.2. The van der Waals surface area contributed by atoms with Gasteiger partial charge in [0, 0.05) is 17.8 Å². The third-order valence-electron chi connectivity index (χ3n) is 4.32. The second-order valence-corrected chi connectivity index (χ2v) is 7.11. The number of pyridine rings is 1. The molecule has 2 aromatic heterocycles. The summed E-state index contributed by atoms with van der Waals surface area (Å²) in [6, 6.07) is 9.43. The van der Waals surface area contributed by atoms with Crippen LogP contribution in [0.1, 0.15) is 16.1 Å². The lowest BCUT2D eigenvalue weighted by Crippen LogP contribution is -2.47. The Bertz CT molecular complexity index is 910. The molecule has 1 amide bonds. The van der Waals surface area contributed by atoms with Gasteiger partial charge in [0.15, 0.2) is 0 Å². The van der Waals surface area contributed by atoms with Crippen molar-refractivity contribution < 1.29 is 14.3 Å². The molecule has 134 valence electrons. The van der Waals surface area contributed by atoms with Crippen molar-refractivity contribution >= 4 is 27.5 Å². The number of carbonyl (C=O) groups excluding carboxylic acids is 1. The van der Waals surface area contributed by atoms with Crippen molar-refractivity contribution in [3.05, 3.63) is 53.3 Å². The number of morpholine rings is 1. The number of aryl methyl sites for hydroxylation is 1. The average molecular weight is 369 g/mol. The quantitative estimate of drug-likeness (QED) is 0.707. The Kier molecular flexibility index (Phi) is 4.81. The van der Waals surface area contributed by atoms with E-state index >= 15 is 0 Å². The van der Waals surface area contributed by atoms with Crippen molar-refractivity contribution in [2.24, 2.45) is 0 Å². The molecule has 0 N–H and O–H groups in total. The van der Waals surface area contributed by atoms with Gasteiger partial charge < -0.3 is 14.4 Å². The van der Waals surface area contributed by atoms with Crippen molar-refractivity contribution in [2.45, 2.75) is 13.0 Å². The molecule has 1 saturated heterocycles. The van der Waals surface area contributed by atoms with Gasteiger partial charge in [0.1, 0.15) is 18.5 Å². The highest BCUT2D eigenvalue weighted by molar-refractivity contribution is 7.16. The minimum absolute atomic E-state index is 0.0191. The molecule has 1 aliphatic rings. The van der Waals surface area contributed by atoms with Crippen LogP contribution in [-0.4, -0.2) is 53.2 Å². The van der Waals surface area contributed by atoms with Crippen LogP contribution in [-0.2, 0) is 4.74 Å². The summed E-state index contributed by atoms with van der Waals surface area (Å²) in [6.45, 7) is 3.93. The summed E-state index contributed by atoms with van der Waals surface area (Å²) in [5.74, 6) is 0.726. The molecule has 1 atom stereocenters. The zero-order chi connectivity index (χ0) is 17.9. The molecule has 3 aromatic rings. The average Bonchev–Trinajstić information content (AvgIpc) is 3.15. The number of ether oxygens (including phenoxy) is 2. The van der Waals surface area contributed by atoms with E-state index in [2.05, 4.69) is 9.97 Å². The minimum atomic E-state index is -0.152. The first-order chi connectivity index (χ1) is 12.7. The second kappa shape index (κ2) is 7.39. The fourth-order valence-electron chi connectivity index (χ4n) is 2.90. The summed E-state index contributed by atoms with van der Waals surface area (Å²) in [5.41, 5.74) is 4.35. The number of benzene rings is 1. The van der Waals surface area contributed by atoms with E-state index in [1.54, 1.807) is 23.0 Å². The van der Waals surface area contributed by atoms with Crippen LogP contribution in [0.2, 0.25) is 0 Å². The smallest absolute Gasteiger partial charge is 0.254 e. The molecule has 4 rings (SSSR count). The van der Waals surface area contributed by atoms with Crippen LogP contribution in [0, 0.1) is 6.92 Å². The summed E-state index contributed by atoms with van der Waals surface area (Å²) in [5, 5.41) is 0. The van der Waals surface area contributed by atoms with Crippen LogP contribution < -0.4 is 4.74 Å². The number of fused-ring (bicyclic) bond motifs is 1. The maximum absolute atomic E-state index is 12.8. The molecule has 26 heavy (non-hydrogen) atoms. The predicted octanol–water partition coefficient (Wildman–Crippen LogP) is 2.92. The van der Waals surface area contributed by atoms with Crippen molar-refractivity contribution in [1.82, 2.24) is 14.9 Å². The highest BCUT2D eigenvalue weighted by Gasteiger charge is 2.25. The normalized spacial score (nSPS) is 17.4. The van der Waals surface area contributed by atoms with Crippen molar-refractivity contribution in [3.8, 4) is 5.75 Å². The van der Waals surface area contributed by atoms with Crippen molar-refractivity contribution in [1.29, 1.82) is 0 Å². The van der Waals surface area contributed by atoms with Gasteiger partial charge in [0.05, 0.1) is 35.1 Å². The monoisotopic (exact) mass is 369 g/mol. The Balaban J connectivity index is 1.39. The zero-order valence-electron chi connectivity index (χ0n) is 14.4. The molecule has 1 fully saturated rings. The lowest BCUT2D eigenvalue weighted by atomic mass is 10.1. The summed E-state index contributed by atoms with van der Waals surface area (Å²) in [4.78, 5) is 23.1. The fraction of sp³-hybridized carbons (Fsp3) is 0.316. The largest absolute Gasteiger partial charge is 0.489 e. The number of rotatable bonds is 4. The van der Waals surface area contributed by atoms with Crippen LogP contribution in [0.15, 0.2) is 42.0 Å². The summed E-state index contributed by atoms with van der Waals surface area (Å²) >= 11 is 1.54. The minimum Gasteiger partial charge on any atom is -0.489 e. The van der Waals surface area contributed by atoms with Gasteiger partial charge in [-0.1, -0.05) is 0 Å².